The summed E-state index contributed by atoms with van der Waals surface area (Å²) in [6, 6.07) is 1.96. The lowest BCUT2D eigenvalue weighted by Gasteiger charge is -2.25. The van der Waals surface area contributed by atoms with Crippen molar-refractivity contribution in [1.29, 1.82) is 5.26 Å². The number of hydrogen-bond acceptors (Lipinski definition) is 2. The van der Waals surface area contributed by atoms with Crippen molar-refractivity contribution in [2.24, 2.45) is 0 Å². The average molecular weight is 197 g/mol. The maximum Gasteiger partial charge on any atom is 0.316 e. The van der Waals surface area contributed by atoms with Gasteiger partial charge in [-0.05, 0) is 26.7 Å². The van der Waals surface area contributed by atoms with Crippen molar-refractivity contribution in [3.8, 4) is 6.07 Å². The van der Waals surface area contributed by atoms with Crippen LogP contribution < -0.4 is 10.6 Å². The van der Waals surface area contributed by atoms with Crippen molar-refractivity contribution in [2.75, 3.05) is 0 Å². The first-order chi connectivity index (χ1) is 6.49. The van der Waals surface area contributed by atoms with Crippen LogP contribution in [0.4, 0.5) is 4.79 Å². The number of carbonyl (C=O) groups excluding carboxylic acids is 1. The van der Waals surface area contributed by atoms with E-state index in [0.717, 1.165) is 0 Å². The van der Waals surface area contributed by atoms with E-state index < -0.39 is 5.54 Å². The van der Waals surface area contributed by atoms with Crippen LogP contribution in [0.3, 0.4) is 0 Å². The van der Waals surface area contributed by atoms with Crippen molar-refractivity contribution in [1.82, 2.24) is 10.6 Å². The Bertz CT molecular complexity index is 226. The monoisotopic (exact) mass is 197 g/mol. The number of nitriles is 1. The molecule has 0 unspecified atom stereocenters. The van der Waals surface area contributed by atoms with E-state index in [9.17, 15) is 4.79 Å². The smallest absolute Gasteiger partial charge is 0.316 e. The molecule has 0 atom stereocenters. The van der Waals surface area contributed by atoms with Gasteiger partial charge in [-0.25, -0.2) is 4.79 Å². The van der Waals surface area contributed by atoms with Crippen LogP contribution in [0.2, 0.25) is 0 Å². The number of nitrogens with one attached hydrogen (secondary N) is 2. The number of nitrogens with zero attached hydrogens (tertiary/aromatic N) is 1. The molecule has 4 nitrogen and oxygen atoms in total. The van der Waals surface area contributed by atoms with Crippen LogP contribution in [0.25, 0.3) is 0 Å². The highest BCUT2D eigenvalue weighted by atomic mass is 16.2. The summed E-state index contributed by atoms with van der Waals surface area (Å²) < 4.78 is 0. The molecule has 0 aliphatic rings. The highest BCUT2D eigenvalue weighted by Gasteiger charge is 2.27. The summed E-state index contributed by atoms with van der Waals surface area (Å²) in [6.07, 6.45) is 1.23. The molecule has 0 bridgehead atoms. The molecule has 0 rings (SSSR count). The normalized spacial score (nSPS) is 10.9. The Labute approximate surface area is 85.7 Å². The van der Waals surface area contributed by atoms with E-state index in [2.05, 4.69) is 16.7 Å². The lowest BCUT2D eigenvalue weighted by molar-refractivity contribution is 0.228. The molecule has 0 saturated carbocycles. The molecule has 0 aliphatic carbocycles. The van der Waals surface area contributed by atoms with Crippen molar-refractivity contribution < 1.29 is 4.79 Å². The van der Waals surface area contributed by atoms with Gasteiger partial charge in [0, 0.05) is 6.04 Å². The molecule has 2 N–H and O–H groups in total. The average Bonchev–Trinajstić information content (AvgIpc) is 2.13. The second-order valence-electron chi connectivity index (χ2n) is 3.65. The number of rotatable bonds is 4. The Kier molecular flexibility index (Phi) is 5.00. The lowest BCUT2D eigenvalue weighted by atomic mass is 9.95. The van der Waals surface area contributed by atoms with Gasteiger partial charge in [-0.15, -0.1) is 0 Å². The SMILES string of the molecule is CCC(C#N)(CC)NC(=O)NC(C)C. The third-order valence-corrected chi connectivity index (χ3v) is 2.19. The largest absolute Gasteiger partial charge is 0.336 e. The van der Waals surface area contributed by atoms with E-state index in [1.54, 1.807) is 0 Å². The van der Waals surface area contributed by atoms with Gasteiger partial charge >= 0.3 is 6.03 Å². The number of hydrogen-bond donors (Lipinski definition) is 2. The van der Waals surface area contributed by atoms with Crippen LogP contribution >= 0.6 is 0 Å². The Hall–Kier alpha value is -1.24. The molecule has 2 amide bonds. The summed E-state index contributed by atoms with van der Waals surface area (Å²) in [7, 11) is 0. The Morgan fingerprint density at radius 3 is 2.21 bits per heavy atom. The van der Waals surface area contributed by atoms with Gasteiger partial charge in [0.1, 0.15) is 5.54 Å². The fourth-order valence-electron chi connectivity index (χ4n) is 1.13. The molecular formula is C10H19N3O. The van der Waals surface area contributed by atoms with Gasteiger partial charge in [0.2, 0.25) is 0 Å². The zero-order valence-electron chi connectivity index (χ0n) is 9.35. The highest BCUT2D eigenvalue weighted by Crippen LogP contribution is 2.13. The summed E-state index contributed by atoms with van der Waals surface area (Å²) in [4.78, 5) is 11.4. The molecule has 0 heterocycles. The van der Waals surface area contributed by atoms with Gasteiger partial charge < -0.3 is 10.6 Å². The quantitative estimate of drug-likeness (QED) is 0.721. The molecule has 0 radical (unpaired) electrons. The van der Waals surface area contributed by atoms with Crippen LogP contribution in [0, 0.1) is 11.3 Å². The zero-order chi connectivity index (χ0) is 11.2. The summed E-state index contributed by atoms with van der Waals surface area (Å²) in [5.41, 5.74) is -0.723. The molecule has 14 heavy (non-hydrogen) atoms. The fourth-order valence-corrected chi connectivity index (χ4v) is 1.13. The lowest BCUT2D eigenvalue weighted by Crippen LogP contribution is -2.52. The predicted octanol–water partition coefficient (Wildman–Crippen LogP) is 1.78. The van der Waals surface area contributed by atoms with Gasteiger partial charge in [-0.3, -0.25) is 0 Å². The second-order valence-corrected chi connectivity index (χ2v) is 3.65. The second kappa shape index (κ2) is 5.48. The summed E-state index contributed by atoms with van der Waals surface area (Å²) in [6.45, 7) is 7.54. The molecule has 0 aromatic rings. The minimum atomic E-state index is -0.723. The minimum Gasteiger partial charge on any atom is -0.336 e. The van der Waals surface area contributed by atoms with Crippen LogP contribution in [-0.4, -0.2) is 17.6 Å². The predicted molar refractivity (Wildman–Crippen MR) is 55.7 cm³/mol. The summed E-state index contributed by atoms with van der Waals surface area (Å²) >= 11 is 0. The Balaban J connectivity index is 4.32. The Morgan fingerprint density at radius 2 is 1.93 bits per heavy atom. The first-order valence-electron chi connectivity index (χ1n) is 4.99. The van der Waals surface area contributed by atoms with Crippen LogP contribution in [0.15, 0.2) is 0 Å². The standard InChI is InChI=1S/C10H19N3O/c1-5-10(6-2,7-11)13-9(14)12-8(3)4/h8H,5-6H2,1-4H3,(H2,12,13,14). The van der Waals surface area contributed by atoms with Crippen molar-refractivity contribution in [2.45, 2.75) is 52.1 Å². The van der Waals surface area contributed by atoms with Crippen LogP contribution in [0.5, 0.6) is 0 Å². The maximum atomic E-state index is 11.4. The molecule has 4 heteroatoms. The Morgan fingerprint density at radius 1 is 1.43 bits per heavy atom. The summed E-state index contributed by atoms with van der Waals surface area (Å²) in [5.74, 6) is 0. The minimum absolute atomic E-state index is 0.0834. The van der Waals surface area contributed by atoms with Gasteiger partial charge in [0.15, 0.2) is 0 Å². The van der Waals surface area contributed by atoms with Gasteiger partial charge in [0.05, 0.1) is 6.07 Å². The van der Waals surface area contributed by atoms with Crippen LogP contribution in [0.1, 0.15) is 40.5 Å². The third kappa shape index (κ3) is 3.65. The number of amides is 2. The van der Waals surface area contributed by atoms with E-state index >= 15 is 0 Å². The number of carbonyl (C=O) groups is 1. The van der Waals surface area contributed by atoms with Gasteiger partial charge in [-0.1, -0.05) is 13.8 Å². The molecule has 0 fully saturated rings. The van der Waals surface area contributed by atoms with Gasteiger partial charge in [-0.2, -0.15) is 5.26 Å². The number of urea groups is 1. The first kappa shape index (κ1) is 12.8. The van der Waals surface area contributed by atoms with E-state index in [-0.39, 0.29) is 12.1 Å². The molecule has 0 saturated heterocycles. The topological polar surface area (TPSA) is 64.9 Å². The third-order valence-electron chi connectivity index (χ3n) is 2.19. The molecule has 0 aliphatic heterocycles. The molecule has 0 aromatic heterocycles. The van der Waals surface area contributed by atoms with Crippen molar-refractivity contribution in [3.05, 3.63) is 0 Å². The highest BCUT2D eigenvalue weighted by molar-refractivity contribution is 5.75. The molecular weight excluding hydrogens is 178 g/mol. The van der Waals surface area contributed by atoms with E-state index in [0.29, 0.717) is 12.8 Å². The molecule has 0 spiro atoms. The van der Waals surface area contributed by atoms with E-state index in [1.165, 1.54) is 0 Å². The fraction of sp³-hybridized carbons (Fsp3) is 0.800. The summed E-state index contributed by atoms with van der Waals surface area (Å²) in [5, 5.41) is 14.4. The zero-order valence-corrected chi connectivity index (χ0v) is 9.35. The van der Waals surface area contributed by atoms with Gasteiger partial charge in [0.25, 0.3) is 0 Å². The maximum absolute atomic E-state index is 11.4. The van der Waals surface area contributed by atoms with E-state index in [1.807, 2.05) is 27.7 Å². The van der Waals surface area contributed by atoms with Crippen molar-refractivity contribution in [3.63, 3.8) is 0 Å². The first-order valence-corrected chi connectivity index (χ1v) is 4.99. The van der Waals surface area contributed by atoms with E-state index in [4.69, 9.17) is 5.26 Å². The molecule has 0 aromatic carbocycles. The molecule has 80 valence electrons. The van der Waals surface area contributed by atoms with Crippen molar-refractivity contribution >= 4 is 6.03 Å². The van der Waals surface area contributed by atoms with Crippen LogP contribution in [-0.2, 0) is 0 Å².